The molecule has 0 bridgehead atoms. The Morgan fingerprint density at radius 2 is 1.91 bits per heavy atom. The number of carbonyl (C=O) groups is 1. The van der Waals surface area contributed by atoms with E-state index in [1.807, 2.05) is 48.2 Å². The topological polar surface area (TPSA) is 81.8 Å². The number of aryl methyl sites for hydroxylation is 3. The summed E-state index contributed by atoms with van der Waals surface area (Å²) < 4.78 is 3.79. The summed E-state index contributed by atoms with van der Waals surface area (Å²) in [6.07, 6.45) is 3.97. The van der Waals surface area contributed by atoms with E-state index in [2.05, 4.69) is 22.5 Å². The van der Waals surface area contributed by atoms with Gasteiger partial charge in [0.1, 0.15) is 10.7 Å². The Hall–Kier alpha value is -3.26. The van der Waals surface area contributed by atoms with Crippen LogP contribution in [-0.4, -0.2) is 25.2 Å². The van der Waals surface area contributed by atoms with Crippen molar-refractivity contribution in [2.24, 2.45) is 0 Å². The zero-order valence-electron chi connectivity index (χ0n) is 19.9. The molecule has 1 aromatic carbocycles. The van der Waals surface area contributed by atoms with Gasteiger partial charge in [0, 0.05) is 30.8 Å². The normalized spacial score (nSPS) is 13.6. The summed E-state index contributed by atoms with van der Waals surface area (Å²) in [5.74, 6) is 0.676. The number of nitrogens with zero attached hydrogens (tertiary/aromatic N) is 4. The van der Waals surface area contributed by atoms with Crippen LogP contribution in [0, 0.1) is 20.8 Å². The molecular formula is C26H29N5O2S. The molecule has 8 heteroatoms. The van der Waals surface area contributed by atoms with E-state index >= 15 is 0 Å². The van der Waals surface area contributed by atoms with Crippen LogP contribution in [0.5, 0.6) is 0 Å². The van der Waals surface area contributed by atoms with Gasteiger partial charge in [-0.2, -0.15) is 5.10 Å². The predicted octanol–water partition coefficient (Wildman–Crippen LogP) is 4.28. The molecule has 1 aliphatic heterocycles. The summed E-state index contributed by atoms with van der Waals surface area (Å²) in [7, 11) is 0. The van der Waals surface area contributed by atoms with Gasteiger partial charge >= 0.3 is 0 Å². The Labute approximate surface area is 202 Å². The summed E-state index contributed by atoms with van der Waals surface area (Å²) in [6, 6.07) is 10.2. The van der Waals surface area contributed by atoms with Gasteiger partial charge in [0.15, 0.2) is 0 Å². The smallest absolute Gasteiger partial charge is 0.262 e. The highest BCUT2D eigenvalue weighted by molar-refractivity contribution is 7.20. The van der Waals surface area contributed by atoms with E-state index in [9.17, 15) is 9.59 Å². The number of hydrogen-bond donors (Lipinski definition) is 1. The van der Waals surface area contributed by atoms with Crippen LogP contribution in [-0.2, 0) is 26.1 Å². The van der Waals surface area contributed by atoms with Gasteiger partial charge in [0.2, 0.25) is 0 Å². The van der Waals surface area contributed by atoms with E-state index in [1.54, 1.807) is 0 Å². The van der Waals surface area contributed by atoms with Crippen molar-refractivity contribution in [3.8, 4) is 0 Å². The lowest BCUT2D eigenvalue weighted by Gasteiger charge is -2.08. The average molecular weight is 476 g/mol. The molecule has 4 heterocycles. The molecule has 0 fully saturated rings. The molecule has 0 unspecified atom stereocenters. The number of thiophene rings is 1. The molecule has 176 valence electrons. The molecule has 3 aromatic heterocycles. The molecule has 5 rings (SSSR count). The number of amides is 1. The molecule has 0 aliphatic carbocycles. The fourth-order valence-corrected chi connectivity index (χ4v) is 5.88. The summed E-state index contributed by atoms with van der Waals surface area (Å²) in [6.45, 7) is 7.65. The second-order valence-electron chi connectivity index (χ2n) is 9.01. The van der Waals surface area contributed by atoms with Crippen molar-refractivity contribution < 1.29 is 4.79 Å². The minimum Gasteiger partial charge on any atom is -0.347 e. The van der Waals surface area contributed by atoms with Crippen molar-refractivity contribution in [2.75, 3.05) is 0 Å². The summed E-state index contributed by atoms with van der Waals surface area (Å²) in [5, 5.41) is 8.33. The van der Waals surface area contributed by atoms with Crippen molar-refractivity contribution in [1.82, 2.24) is 24.6 Å². The number of benzene rings is 1. The molecule has 0 saturated carbocycles. The Kier molecular flexibility index (Phi) is 6.08. The Morgan fingerprint density at radius 1 is 1.12 bits per heavy atom. The van der Waals surface area contributed by atoms with Crippen molar-refractivity contribution in [3.05, 3.63) is 79.5 Å². The fourth-order valence-electron chi connectivity index (χ4n) is 4.78. The number of nitrogens with one attached hydrogen (secondary N) is 1. The van der Waals surface area contributed by atoms with Crippen LogP contribution in [0.2, 0.25) is 0 Å². The second kappa shape index (κ2) is 9.18. The predicted molar refractivity (Wildman–Crippen MR) is 135 cm³/mol. The number of aromatic nitrogens is 4. The standard InChI is InChI=1S/C26H29N5O2S/c1-16-22-25(28-21-12-8-5-9-13-30(21)26(22)33)34-23(16)24(32)27-14-20-17(2)29-31(18(20)3)15-19-10-6-4-7-11-19/h4,6-7,10-11H,5,8-9,12-15H2,1-3H3,(H,27,32). The van der Waals surface area contributed by atoms with Gasteiger partial charge in [-0.05, 0) is 44.7 Å². The summed E-state index contributed by atoms with van der Waals surface area (Å²) in [5.41, 5.74) is 4.87. The van der Waals surface area contributed by atoms with Crippen LogP contribution in [0.4, 0.5) is 0 Å². The minimum absolute atomic E-state index is 0.0106. The van der Waals surface area contributed by atoms with Crippen LogP contribution in [0.25, 0.3) is 10.2 Å². The molecule has 1 N–H and O–H groups in total. The van der Waals surface area contributed by atoms with Gasteiger partial charge < -0.3 is 5.32 Å². The fraction of sp³-hybridized carbons (Fsp3) is 0.385. The molecule has 4 aromatic rings. The van der Waals surface area contributed by atoms with Gasteiger partial charge in [-0.3, -0.25) is 18.8 Å². The van der Waals surface area contributed by atoms with E-state index in [4.69, 9.17) is 4.98 Å². The zero-order valence-corrected chi connectivity index (χ0v) is 20.7. The summed E-state index contributed by atoms with van der Waals surface area (Å²) in [4.78, 5) is 32.4. The van der Waals surface area contributed by atoms with Crippen LogP contribution in [0.1, 0.15) is 62.8 Å². The van der Waals surface area contributed by atoms with Gasteiger partial charge in [-0.15, -0.1) is 11.3 Å². The minimum atomic E-state index is -0.172. The highest BCUT2D eigenvalue weighted by atomic mass is 32.1. The van der Waals surface area contributed by atoms with Crippen LogP contribution in [0.15, 0.2) is 35.1 Å². The number of fused-ring (bicyclic) bond motifs is 2. The maximum atomic E-state index is 13.2. The molecule has 0 saturated heterocycles. The maximum Gasteiger partial charge on any atom is 0.262 e. The maximum absolute atomic E-state index is 13.2. The van der Waals surface area contributed by atoms with Crippen molar-refractivity contribution >= 4 is 27.5 Å². The quantitative estimate of drug-likeness (QED) is 0.467. The lowest BCUT2D eigenvalue weighted by atomic mass is 10.1. The molecular weight excluding hydrogens is 446 g/mol. The Balaban J connectivity index is 1.38. The van der Waals surface area contributed by atoms with Crippen LogP contribution < -0.4 is 10.9 Å². The van der Waals surface area contributed by atoms with Crippen LogP contribution in [0.3, 0.4) is 0 Å². The third kappa shape index (κ3) is 4.07. The van der Waals surface area contributed by atoms with Crippen molar-refractivity contribution in [3.63, 3.8) is 0 Å². The molecule has 0 spiro atoms. The van der Waals surface area contributed by atoms with E-state index in [-0.39, 0.29) is 11.5 Å². The third-order valence-electron chi connectivity index (χ3n) is 6.75. The third-order valence-corrected chi connectivity index (χ3v) is 7.93. The van der Waals surface area contributed by atoms with Gasteiger partial charge in [0.25, 0.3) is 11.5 Å². The molecule has 0 atom stereocenters. The molecule has 34 heavy (non-hydrogen) atoms. The summed E-state index contributed by atoms with van der Waals surface area (Å²) >= 11 is 1.32. The molecule has 7 nitrogen and oxygen atoms in total. The monoisotopic (exact) mass is 475 g/mol. The van der Waals surface area contributed by atoms with Gasteiger partial charge in [-0.1, -0.05) is 36.8 Å². The highest BCUT2D eigenvalue weighted by Crippen LogP contribution is 2.28. The molecule has 0 radical (unpaired) electrons. The first-order valence-electron chi connectivity index (χ1n) is 11.8. The highest BCUT2D eigenvalue weighted by Gasteiger charge is 2.23. The molecule has 1 aliphatic rings. The SMILES string of the molecule is Cc1nn(Cc2ccccc2)c(C)c1CNC(=O)c1sc2nc3n(c(=O)c2c1C)CCCCC3. The lowest BCUT2D eigenvalue weighted by molar-refractivity contribution is 0.0954. The largest absolute Gasteiger partial charge is 0.347 e. The van der Waals surface area contributed by atoms with E-state index in [0.29, 0.717) is 34.7 Å². The second-order valence-corrected chi connectivity index (χ2v) is 10.0. The van der Waals surface area contributed by atoms with Gasteiger partial charge in [-0.25, -0.2) is 4.98 Å². The average Bonchev–Trinajstić information content (AvgIpc) is 3.16. The Bertz CT molecular complexity index is 1430. The number of carbonyl (C=O) groups excluding carboxylic acids is 1. The number of hydrogen-bond acceptors (Lipinski definition) is 5. The molecule has 1 amide bonds. The van der Waals surface area contributed by atoms with Crippen molar-refractivity contribution in [2.45, 2.75) is 66.1 Å². The lowest BCUT2D eigenvalue weighted by Crippen LogP contribution is -2.25. The van der Waals surface area contributed by atoms with Crippen LogP contribution >= 0.6 is 11.3 Å². The zero-order chi connectivity index (χ0) is 23.8. The van der Waals surface area contributed by atoms with Gasteiger partial charge in [0.05, 0.1) is 22.5 Å². The first-order chi connectivity index (χ1) is 16.4. The van der Waals surface area contributed by atoms with E-state index < -0.39 is 0 Å². The Morgan fingerprint density at radius 3 is 2.71 bits per heavy atom. The first-order valence-corrected chi connectivity index (χ1v) is 12.6. The number of rotatable bonds is 5. The van der Waals surface area contributed by atoms with E-state index in [1.165, 1.54) is 16.9 Å². The van der Waals surface area contributed by atoms with E-state index in [0.717, 1.165) is 54.0 Å². The van der Waals surface area contributed by atoms with Crippen molar-refractivity contribution in [1.29, 1.82) is 0 Å². The first kappa shape index (κ1) is 22.5.